The molecule has 5 nitrogen and oxygen atoms in total. The van der Waals surface area contributed by atoms with E-state index in [1.807, 2.05) is 0 Å². The molecule has 0 aliphatic rings. The van der Waals surface area contributed by atoms with E-state index in [9.17, 15) is 9.59 Å². The van der Waals surface area contributed by atoms with Gasteiger partial charge in [-0.05, 0) is 18.8 Å². The van der Waals surface area contributed by atoms with E-state index in [1.165, 1.54) is 0 Å². The molecule has 1 amide bonds. The van der Waals surface area contributed by atoms with E-state index in [0.29, 0.717) is 12.3 Å². The molecule has 0 aliphatic heterocycles. The molecule has 0 heterocycles. The second-order valence-electron chi connectivity index (χ2n) is 4.10. The van der Waals surface area contributed by atoms with E-state index < -0.39 is 12.0 Å². The first-order chi connectivity index (χ1) is 7.43. The molecule has 0 rings (SSSR count). The monoisotopic (exact) mass is 230 g/mol. The van der Waals surface area contributed by atoms with Crippen molar-refractivity contribution in [3.8, 4) is 0 Å². The summed E-state index contributed by atoms with van der Waals surface area (Å²) in [5, 5.41) is 9.85. The average molecular weight is 230 g/mol. The molecule has 0 aromatic rings. The third kappa shape index (κ3) is 4.61. The summed E-state index contributed by atoms with van der Waals surface area (Å²) in [5.74, 6) is 4.58. The number of carboxylic acids is 1. The summed E-state index contributed by atoms with van der Waals surface area (Å²) < 4.78 is 0. The fourth-order valence-electron chi connectivity index (χ4n) is 1.38. The third-order valence-electron chi connectivity index (χ3n) is 2.84. The number of carboxylic acid groups (broad SMARTS) is 1. The van der Waals surface area contributed by atoms with Gasteiger partial charge in [0, 0.05) is 6.42 Å². The Morgan fingerprint density at radius 1 is 1.31 bits per heavy atom. The lowest BCUT2D eigenvalue weighted by atomic mass is 9.99. The Morgan fingerprint density at radius 3 is 2.25 bits per heavy atom. The van der Waals surface area contributed by atoms with Gasteiger partial charge in [0.25, 0.3) is 0 Å². The molecule has 16 heavy (non-hydrogen) atoms. The number of hydrazine groups is 1. The highest BCUT2D eigenvalue weighted by molar-refractivity contribution is 5.82. The minimum Gasteiger partial charge on any atom is -0.480 e. The lowest BCUT2D eigenvalue weighted by Crippen LogP contribution is -2.49. The van der Waals surface area contributed by atoms with Crippen LogP contribution in [-0.4, -0.2) is 28.0 Å². The lowest BCUT2D eigenvalue weighted by molar-refractivity contribution is -0.150. The number of nitrogens with zero attached hydrogens (tertiary/aromatic N) is 1. The van der Waals surface area contributed by atoms with Crippen LogP contribution in [-0.2, 0) is 9.59 Å². The Bertz CT molecular complexity index is 243. The van der Waals surface area contributed by atoms with Crippen LogP contribution in [0.5, 0.6) is 0 Å². The number of carbonyl (C=O) groups excluding carboxylic acids is 1. The smallest absolute Gasteiger partial charge is 0.328 e. The molecule has 0 spiro atoms. The minimum absolute atomic E-state index is 0.226. The molecule has 2 atom stereocenters. The van der Waals surface area contributed by atoms with E-state index in [0.717, 1.165) is 17.9 Å². The molecule has 5 heteroatoms. The summed E-state index contributed by atoms with van der Waals surface area (Å²) in [6.07, 6.45) is 2.40. The predicted molar refractivity (Wildman–Crippen MR) is 61.4 cm³/mol. The van der Waals surface area contributed by atoms with Crippen LogP contribution in [0.1, 0.15) is 46.5 Å². The number of hydrogen-bond donors (Lipinski definition) is 2. The fraction of sp³-hybridized carbons (Fsp3) is 0.818. The SMILES string of the molecule is CCC(=O)N(N)C(CCC(C)CC)C(=O)O. The van der Waals surface area contributed by atoms with Crippen LogP contribution in [0.4, 0.5) is 0 Å². The molecule has 94 valence electrons. The van der Waals surface area contributed by atoms with Gasteiger partial charge in [0.1, 0.15) is 6.04 Å². The molecule has 0 radical (unpaired) electrons. The van der Waals surface area contributed by atoms with Gasteiger partial charge in [-0.25, -0.2) is 10.6 Å². The van der Waals surface area contributed by atoms with Crippen molar-refractivity contribution >= 4 is 11.9 Å². The maximum absolute atomic E-state index is 11.3. The zero-order valence-corrected chi connectivity index (χ0v) is 10.3. The Hall–Kier alpha value is -1.10. The topological polar surface area (TPSA) is 83.6 Å². The third-order valence-corrected chi connectivity index (χ3v) is 2.84. The summed E-state index contributed by atoms with van der Waals surface area (Å²) in [6.45, 7) is 5.77. The van der Waals surface area contributed by atoms with Crippen LogP contribution in [0.2, 0.25) is 0 Å². The molecule has 3 N–H and O–H groups in total. The molecule has 0 aromatic carbocycles. The molecule has 0 saturated carbocycles. The van der Waals surface area contributed by atoms with Gasteiger partial charge in [-0.2, -0.15) is 0 Å². The second kappa shape index (κ2) is 7.22. The summed E-state index contributed by atoms with van der Waals surface area (Å²) in [4.78, 5) is 22.3. The number of carbonyl (C=O) groups is 2. The molecule has 0 saturated heterocycles. The number of amides is 1. The number of nitrogens with two attached hydrogens (primary N) is 1. The fourth-order valence-corrected chi connectivity index (χ4v) is 1.38. The van der Waals surface area contributed by atoms with Crippen molar-refractivity contribution in [3.05, 3.63) is 0 Å². The van der Waals surface area contributed by atoms with Crippen LogP contribution in [0.3, 0.4) is 0 Å². The first-order valence-electron chi connectivity index (χ1n) is 5.73. The van der Waals surface area contributed by atoms with Gasteiger partial charge < -0.3 is 5.11 Å². The van der Waals surface area contributed by atoms with Crippen LogP contribution in [0.25, 0.3) is 0 Å². The number of hydrogen-bond acceptors (Lipinski definition) is 3. The number of rotatable bonds is 7. The lowest BCUT2D eigenvalue weighted by Gasteiger charge is -2.24. The van der Waals surface area contributed by atoms with E-state index in [4.69, 9.17) is 10.9 Å². The van der Waals surface area contributed by atoms with Gasteiger partial charge in [0.2, 0.25) is 5.91 Å². The van der Waals surface area contributed by atoms with Crippen molar-refractivity contribution in [3.63, 3.8) is 0 Å². The Kier molecular flexibility index (Phi) is 6.72. The largest absolute Gasteiger partial charge is 0.480 e. The Morgan fingerprint density at radius 2 is 1.88 bits per heavy atom. The van der Waals surface area contributed by atoms with Gasteiger partial charge in [-0.1, -0.05) is 27.2 Å². The van der Waals surface area contributed by atoms with Crippen molar-refractivity contribution in [2.24, 2.45) is 11.8 Å². The van der Waals surface area contributed by atoms with Gasteiger partial charge in [0.05, 0.1) is 0 Å². The first-order valence-corrected chi connectivity index (χ1v) is 5.73. The highest BCUT2D eigenvalue weighted by atomic mass is 16.4. The molecule has 2 unspecified atom stereocenters. The van der Waals surface area contributed by atoms with E-state index in [1.54, 1.807) is 6.92 Å². The highest BCUT2D eigenvalue weighted by Crippen LogP contribution is 2.14. The molecule has 0 aliphatic carbocycles. The molecule has 0 bridgehead atoms. The van der Waals surface area contributed by atoms with Gasteiger partial charge in [-0.15, -0.1) is 0 Å². The van der Waals surface area contributed by atoms with Crippen molar-refractivity contribution in [1.82, 2.24) is 5.01 Å². The zero-order chi connectivity index (χ0) is 12.7. The van der Waals surface area contributed by atoms with Crippen LogP contribution >= 0.6 is 0 Å². The zero-order valence-electron chi connectivity index (χ0n) is 10.3. The predicted octanol–water partition coefficient (Wildman–Crippen LogP) is 1.38. The summed E-state index contributed by atoms with van der Waals surface area (Å²) in [5.41, 5.74) is 0. The summed E-state index contributed by atoms with van der Waals surface area (Å²) in [6, 6.07) is -0.901. The Labute approximate surface area is 96.6 Å². The first kappa shape index (κ1) is 14.9. The van der Waals surface area contributed by atoms with Crippen molar-refractivity contribution in [2.45, 2.75) is 52.5 Å². The standard InChI is InChI=1S/C11H22N2O3/c1-4-8(3)6-7-9(11(15)16)13(12)10(14)5-2/h8-9H,4-7,12H2,1-3H3,(H,15,16). The van der Waals surface area contributed by atoms with Gasteiger partial charge >= 0.3 is 5.97 Å². The van der Waals surface area contributed by atoms with E-state index >= 15 is 0 Å². The quantitative estimate of drug-likeness (QED) is 0.393. The minimum atomic E-state index is -1.03. The van der Waals surface area contributed by atoms with Crippen molar-refractivity contribution in [1.29, 1.82) is 0 Å². The van der Waals surface area contributed by atoms with Crippen LogP contribution in [0.15, 0.2) is 0 Å². The highest BCUT2D eigenvalue weighted by Gasteiger charge is 2.26. The maximum Gasteiger partial charge on any atom is 0.328 e. The van der Waals surface area contributed by atoms with Crippen LogP contribution < -0.4 is 5.84 Å². The van der Waals surface area contributed by atoms with Crippen molar-refractivity contribution in [2.75, 3.05) is 0 Å². The van der Waals surface area contributed by atoms with Crippen molar-refractivity contribution < 1.29 is 14.7 Å². The van der Waals surface area contributed by atoms with Crippen LogP contribution in [0, 0.1) is 5.92 Å². The molecular formula is C11H22N2O3. The van der Waals surface area contributed by atoms with E-state index in [-0.39, 0.29) is 12.3 Å². The molecule has 0 aromatic heterocycles. The molecule has 0 fully saturated rings. The normalized spacial score (nSPS) is 14.2. The van der Waals surface area contributed by atoms with Gasteiger partial charge in [0.15, 0.2) is 0 Å². The average Bonchev–Trinajstić information content (AvgIpc) is 2.26. The maximum atomic E-state index is 11.3. The molecular weight excluding hydrogens is 208 g/mol. The number of aliphatic carboxylic acids is 1. The summed E-state index contributed by atoms with van der Waals surface area (Å²) in [7, 11) is 0. The summed E-state index contributed by atoms with van der Waals surface area (Å²) >= 11 is 0. The second-order valence-corrected chi connectivity index (χ2v) is 4.10. The van der Waals surface area contributed by atoms with E-state index in [2.05, 4.69) is 13.8 Å². The Balaban J connectivity index is 4.38. The van der Waals surface area contributed by atoms with Gasteiger partial charge in [-0.3, -0.25) is 9.80 Å².